The molecule has 0 saturated heterocycles. The summed E-state index contributed by atoms with van der Waals surface area (Å²) in [5.41, 5.74) is 1.14. The molecule has 6 heteroatoms. The predicted molar refractivity (Wildman–Crippen MR) is 111 cm³/mol. The van der Waals surface area contributed by atoms with Crippen LogP contribution in [-0.4, -0.2) is 50.2 Å². The first-order chi connectivity index (χ1) is 11.3. The van der Waals surface area contributed by atoms with Crippen LogP contribution in [0.1, 0.15) is 32.3 Å². The molecule has 0 spiro atoms. The number of aliphatic imine (C=N–C) groups is 1. The summed E-state index contributed by atoms with van der Waals surface area (Å²) in [6.45, 7) is 8.72. The molecule has 1 aliphatic carbocycles. The third kappa shape index (κ3) is 6.84. The summed E-state index contributed by atoms with van der Waals surface area (Å²) in [4.78, 5) is 6.83. The molecule has 0 atom stereocenters. The van der Waals surface area contributed by atoms with Crippen LogP contribution in [0.15, 0.2) is 29.3 Å². The van der Waals surface area contributed by atoms with Crippen LogP contribution < -0.4 is 15.4 Å². The summed E-state index contributed by atoms with van der Waals surface area (Å²) in [6, 6.07) is 8.93. The number of ether oxygens (including phenoxy) is 1. The van der Waals surface area contributed by atoms with Gasteiger partial charge in [0.1, 0.15) is 5.75 Å². The van der Waals surface area contributed by atoms with Crippen LogP contribution in [0.4, 0.5) is 0 Å². The predicted octanol–water partition coefficient (Wildman–Crippen LogP) is 2.85. The fourth-order valence-electron chi connectivity index (χ4n) is 2.70. The number of rotatable bonds is 9. The molecule has 5 nitrogen and oxygen atoms in total. The summed E-state index contributed by atoms with van der Waals surface area (Å²) in [5, 5.41) is 6.76. The molecule has 2 N–H and O–H groups in total. The summed E-state index contributed by atoms with van der Waals surface area (Å²) in [7, 11) is 1.81. The number of nitrogens with one attached hydrogen (secondary N) is 2. The van der Waals surface area contributed by atoms with Crippen LogP contribution in [0.3, 0.4) is 0 Å². The van der Waals surface area contributed by atoms with Crippen molar-refractivity contribution in [2.24, 2.45) is 4.99 Å². The Hall–Kier alpha value is -1.02. The van der Waals surface area contributed by atoms with E-state index in [0.29, 0.717) is 13.2 Å². The number of guanidine groups is 1. The van der Waals surface area contributed by atoms with Gasteiger partial charge in [-0.1, -0.05) is 25.1 Å². The van der Waals surface area contributed by atoms with Crippen molar-refractivity contribution in [3.05, 3.63) is 29.8 Å². The first-order valence-electron chi connectivity index (χ1n) is 8.67. The zero-order valence-corrected chi connectivity index (χ0v) is 17.4. The van der Waals surface area contributed by atoms with Crippen molar-refractivity contribution in [3.8, 4) is 5.75 Å². The normalized spacial score (nSPS) is 14.2. The maximum Gasteiger partial charge on any atom is 0.191 e. The number of benzene rings is 1. The van der Waals surface area contributed by atoms with E-state index in [1.807, 2.05) is 32.2 Å². The minimum Gasteiger partial charge on any atom is -0.494 e. The largest absolute Gasteiger partial charge is 0.494 e. The van der Waals surface area contributed by atoms with Crippen molar-refractivity contribution >= 4 is 29.9 Å². The van der Waals surface area contributed by atoms with Crippen molar-refractivity contribution in [1.82, 2.24) is 15.5 Å². The average Bonchev–Trinajstić information content (AvgIpc) is 3.41. The Morgan fingerprint density at radius 1 is 1.25 bits per heavy atom. The third-order valence-electron chi connectivity index (χ3n) is 4.10. The highest BCUT2D eigenvalue weighted by molar-refractivity contribution is 14.0. The Labute approximate surface area is 163 Å². The lowest BCUT2D eigenvalue weighted by Gasteiger charge is -2.21. The molecule has 0 amide bonds. The van der Waals surface area contributed by atoms with E-state index in [2.05, 4.69) is 33.5 Å². The molecule has 0 bridgehead atoms. The van der Waals surface area contributed by atoms with Gasteiger partial charge in [-0.05, 0) is 32.4 Å². The minimum atomic E-state index is 0. The van der Waals surface area contributed by atoms with E-state index in [1.165, 1.54) is 12.8 Å². The summed E-state index contributed by atoms with van der Waals surface area (Å²) < 4.78 is 5.66. The fourth-order valence-corrected chi connectivity index (χ4v) is 2.70. The topological polar surface area (TPSA) is 48.9 Å². The van der Waals surface area contributed by atoms with Crippen LogP contribution in [0.5, 0.6) is 5.75 Å². The maximum absolute atomic E-state index is 5.66. The van der Waals surface area contributed by atoms with Gasteiger partial charge >= 0.3 is 0 Å². The molecule has 0 aliphatic heterocycles. The summed E-state index contributed by atoms with van der Waals surface area (Å²) in [6.07, 6.45) is 2.71. The van der Waals surface area contributed by atoms with Crippen molar-refractivity contribution in [2.45, 2.75) is 39.3 Å². The monoisotopic (exact) mass is 446 g/mol. The van der Waals surface area contributed by atoms with Crippen LogP contribution >= 0.6 is 24.0 Å². The second-order valence-corrected chi connectivity index (χ2v) is 5.75. The first-order valence-corrected chi connectivity index (χ1v) is 8.67. The molecular weight excluding hydrogens is 415 g/mol. The van der Waals surface area contributed by atoms with E-state index in [0.717, 1.165) is 42.9 Å². The number of hydrogen-bond donors (Lipinski definition) is 2. The Bertz CT molecular complexity index is 506. The van der Waals surface area contributed by atoms with Crippen molar-refractivity contribution in [2.75, 3.05) is 33.3 Å². The Morgan fingerprint density at radius 2 is 2.00 bits per heavy atom. The molecule has 136 valence electrons. The lowest BCUT2D eigenvalue weighted by atomic mass is 10.2. The fraction of sp³-hybridized carbons (Fsp3) is 0.611. The van der Waals surface area contributed by atoms with Crippen LogP contribution in [0, 0.1) is 0 Å². The molecular formula is C18H31IN4O. The van der Waals surface area contributed by atoms with Crippen molar-refractivity contribution in [1.29, 1.82) is 0 Å². The molecule has 0 heterocycles. The SMILES string of the molecule is CCOc1ccccc1CNC(=NC)NCCN(CC)C1CC1.I. The van der Waals surface area contributed by atoms with E-state index in [4.69, 9.17) is 4.74 Å². The molecule has 24 heavy (non-hydrogen) atoms. The Kier molecular flexibility index (Phi) is 10.1. The molecule has 1 saturated carbocycles. The highest BCUT2D eigenvalue weighted by atomic mass is 127. The van der Waals surface area contributed by atoms with Gasteiger partial charge in [-0.15, -0.1) is 24.0 Å². The van der Waals surface area contributed by atoms with Gasteiger partial charge in [-0.2, -0.15) is 0 Å². The van der Waals surface area contributed by atoms with Gasteiger partial charge in [-0.3, -0.25) is 9.89 Å². The summed E-state index contributed by atoms with van der Waals surface area (Å²) in [5.74, 6) is 1.77. The second kappa shape index (κ2) is 11.5. The third-order valence-corrected chi connectivity index (χ3v) is 4.10. The molecule has 0 aromatic heterocycles. The van der Waals surface area contributed by atoms with Gasteiger partial charge in [-0.25, -0.2) is 0 Å². The lowest BCUT2D eigenvalue weighted by molar-refractivity contribution is 0.282. The van der Waals surface area contributed by atoms with Gasteiger partial charge in [0.05, 0.1) is 6.61 Å². The molecule has 0 unspecified atom stereocenters. The molecule has 1 aliphatic rings. The van der Waals surface area contributed by atoms with Gasteiger partial charge in [0.2, 0.25) is 0 Å². The molecule has 1 aromatic carbocycles. The van der Waals surface area contributed by atoms with E-state index >= 15 is 0 Å². The zero-order chi connectivity index (χ0) is 16.5. The smallest absolute Gasteiger partial charge is 0.191 e. The van der Waals surface area contributed by atoms with E-state index in [1.54, 1.807) is 0 Å². The summed E-state index contributed by atoms with van der Waals surface area (Å²) >= 11 is 0. The van der Waals surface area contributed by atoms with E-state index < -0.39 is 0 Å². The van der Waals surface area contributed by atoms with Gasteiger partial charge in [0, 0.05) is 38.3 Å². The van der Waals surface area contributed by atoms with Crippen molar-refractivity contribution < 1.29 is 4.74 Å². The molecule has 0 radical (unpaired) electrons. The highest BCUT2D eigenvalue weighted by Crippen LogP contribution is 2.25. The number of likely N-dealkylation sites (N-methyl/N-ethyl adjacent to an activating group) is 1. The molecule has 1 fully saturated rings. The Morgan fingerprint density at radius 3 is 2.62 bits per heavy atom. The van der Waals surface area contributed by atoms with Gasteiger partial charge < -0.3 is 15.4 Å². The number of halogens is 1. The quantitative estimate of drug-likeness (QED) is 0.348. The lowest BCUT2D eigenvalue weighted by Crippen LogP contribution is -2.41. The average molecular weight is 446 g/mol. The molecule has 2 rings (SSSR count). The first kappa shape index (κ1) is 21.0. The second-order valence-electron chi connectivity index (χ2n) is 5.75. The van der Waals surface area contributed by atoms with Gasteiger partial charge in [0.15, 0.2) is 5.96 Å². The number of nitrogens with zero attached hydrogens (tertiary/aromatic N) is 2. The molecule has 1 aromatic rings. The standard InChI is InChI=1S/C18H30N4O.HI/c1-4-22(16-10-11-16)13-12-20-18(19-3)21-14-15-8-6-7-9-17(15)23-5-2;/h6-9,16H,4-5,10-14H2,1-3H3,(H2,19,20,21);1H. The minimum absolute atomic E-state index is 0. The highest BCUT2D eigenvalue weighted by Gasteiger charge is 2.27. The number of hydrogen-bond acceptors (Lipinski definition) is 3. The van der Waals surface area contributed by atoms with Crippen LogP contribution in [0.25, 0.3) is 0 Å². The van der Waals surface area contributed by atoms with Crippen LogP contribution in [-0.2, 0) is 6.54 Å². The van der Waals surface area contributed by atoms with Gasteiger partial charge in [0.25, 0.3) is 0 Å². The number of para-hydroxylation sites is 1. The maximum atomic E-state index is 5.66. The van der Waals surface area contributed by atoms with Crippen molar-refractivity contribution in [3.63, 3.8) is 0 Å². The zero-order valence-electron chi connectivity index (χ0n) is 15.0. The van der Waals surface area contributed by atoms with E-state index in [9.17, 15) is 0 Å². The van der Waals surface area contributed by atoms with Crippen LogP contribution in [0.2, 0.25) is 0 Å². The Balaban J connectivity index is 0.00000288. The van der Waals surface area contributed by atoms with E-state index in [-0.39, 0.29) is 24.0 Å².